The van der Waals surface area contributed by atoms with Crippen LogP contribution in [0.5, 0.6) is 0 Å². The lowest BCUT2D eigenvalue weighted by atomic mass is 9.78. The van der Waals surface area contributed by atoms with E-state index in [0.717, 1.165) is 26.1 Å². The molecule has 1 saturated heterocycles. The average molecular weight is 153 g/mol. The van der Waals surface area contributed by atoms with Crippen molar-refractivity contribution in [3.63, 3.8) is 0 Å². The van der Waals surface area contributed by atoms with Gasteiger partial charge in [0, 0.05) is 5.41 Å². The fourth-order valence-corrected chi connectivity index (χ4v) is 1.73. The third kappa shape index (κ3) is 0.784. The number of hydrogen-bond donors (Lipinski definition) is 0. The van der Waals surface area contributed by atoms with Crippen LogP contribution in [0.15, 0.2) is 4.99 Å². The van der Waals surface area contributed by atoms with Crippen molar-refractivity contribution < 1.29 is 9.53 Å². The second kappa shape index (κ2) is 1.93. The minimum absolute atomic E-state index is 0.0903. The molecule has 0 aromatic rings. The first-order chi connectivity index (χ1) is 5.22. The molecule has 2 aliphatic rings. The molecule has 2 fully saturated rings. The van der Waals surface area contributed by atoms with Crippen molar-refractivity contribution in [3.05, 3.63) is 0 Å². The second-order valence-corrected chi connectivity index (χ2v) is 3.79. The molecule has 0 unspecified atom stereocenters. The van der Waals surface area contributed by atoms with Gasteiger partial charge in [0.25, 0.3) is 0 Å². The van der Waals surface area contributed by atoms with Crippen molar-refractivity contribution in [3.8, 4) is 0 Å². The molecule has 0 N–H and O–H groups in total. The zero-order valence-electron chi connectivity index (χ0n) is 6.59. The summed E-state index contributed by atoms with van der Waals surface area (Å²) >= 11 is 0. The van der Waals surface area contributed by atoms with Gasteiger partial charge < -0.3 is 4.74 Å². The summed E-state index contributed by atoms with van der Waals surface area (Å²) < 4.78 is 5.12. The highest BCUT2D eigenvalue weighted by Gasteiger charge is 2.61. The van der Waals surface area contributed by atoms with Crippen LogP contribution in [0.25, 0.3) is 0 Å². The molecule has 1 saturated carbocycles. The largest absolute Gasteiger partial charge is 0.380 e. The highest BCUT2D eigenvalue weighted by molar-refractivity contribution is 5.38. The lowest BCUT2D eigenvalue weighted by Crippen LogP contribution is -2.49. The lowest BCUT2D eigenvalue weighted by Gasteiger charge is -2.42. The molecular weight excluding hydrogens is 142 g/mol. The Morgan fingerprint density at radius 2 is 2.09 bits per heavy atom. The fourth-order valence-electron chi connectivity index (χ4n) is 1.73. The van der Waals surface area contributed by atoms with Crippen LogP contribution in [-0.2, 0) is 9.53 Å². The van der Waals surface area contributed by atoms with Gasteiger partial charge in [-0.25, -0.2) is 4.79 Å². The van der Waals surface area contributed by atoms with Gasteiger partial charge in [-0.3, -0.25) is 0 Å². The molecule has 60 valence electrons. The van der Waals surface area contributed by atoms with Crippen LogP contribution in [0, 0.1) is 5.41 Å². The van der Waals surface area contributed by atoms with Crippen LogP contribution >= 0.6 is 0 Å². The summed E-state index contributed by atoms with van der Waals surface area (Å²) in [5.74, 6) is 0. The minimum atomic E-state index is -0.0903. The molecule has 11 heavy (non-hydrogen) atoms. The number of ether oxygens (including phenoxy) is 1. The van der Waals surface area contributed by atoms with Gasteiger partial charge >= 0.3 is 0 Å². The van der Waals surface area contributed by atoms with E-state index >= 15 is 0 Å². The predicted molar refractivity (Wildman–Crippen MR) is 39.0 cm³/mol. The summed E-state index contributed by atoms with van der Waals surface area (Å²) in [5, 5.41) is 0. The van der Waals surface area contributed by atoms with Crippen molar-refractivity contribution in [2.75, 3.05) is 13.2 Å². The van der Waals surface area contributed by atoms with Crippen molar-refractivity contribution in [2.45, 2.75) is 25.3 Å². The standard InChI is InChI=1S/C8H11NO2/c1-7(4-11-5-7)8(2-3-8)9-6-10/h2-5H2,1H3. The van der Waals surface area contributed by atoms with E-state index < -0.39 is 0 Å². The van der Waals surface area contributed by atoms with E-state index in [1.165, 1.54) is 0 Å². The van der Waals surface area contributed by atoms with E-state index in [9.17, 15) is 4.79 Å². The SMILES string of the molecule is CC1(C2(N=C=O)CC2)COC1. The Bertz CT molecular complexity index is 222. The molecular formula is C8H11NO2. The maximum absolute atomic E-state index is 10.1. The summed E-state index contributed by atoms with van der Waals surface area (Å²) in [4.78, 5) is 14.0. The van der Waals surface area contributed by atoms with Gasteiger partial charge in [-0.1, -0.05) is 6.92 Å². The maximum Gasteiger partial charge on any atom is 0.235 e. The highest BCUT2D eigenvalue weighted by atomic mass is 16.5. The van der Waals surface area contributed by atoms with Crippen LogP contribution < -0.4 is 0 Å². The third-order valence-corrected chi connectivity index (χ3v) is 2.95. The molecule has 0 spiro atoms. The number of rotatable bonds is 2. The molecule has 0 bridgehead atoms. The van der Waals surface area contributed by atoms with Gasteiger partial charge in [0.1, 0.15) is 0 Å². The number of carbonyl (C=O) groups excluding carboxylic acids is 1. The Balaban J connectivity index is 2.19. The Morgan fingerprint density at radius 1 is 1.45 bits per heavy atom. The van der Waals surface area contributed by atoms with Gasteiger partial charge in [0.05, 0.1) is 18.8 Å². The molecule has 0 radical (unpaired) electrons. The first-order valence-corrected chi connectivity index (χ1v) is 3.89. The smallest absolute Gasteiger partial charge is 0.235 e. The van der Waals surface area contributed by atoms with Crippen LogP contribution in [-0.4, -0.2) is 24.8 Å². The van der Waals surface area contributed by atoms with E-state index in [1.807, 2.05) is 0 Å². The average Bonchev–Trinajstić information content (AvgIpc) is 2.65. The maximum atomic E-state index is 10.1. The number of hydrogen-bond acceptors (Lipinski definition) is 3. The van der Waals surface area contributed by atoms with Crippen molar-refractivity contribution in [2.24, 2.45) is 10.4 Å². The highest BCUT2D eigenvalue weighted by Crippen LogP contribution is 2.56. The Morgan fingerprint density at radius 3 is 2.36 bits per heavy atom. The van der Waals surface area contributed by atoms with Crippen molar-refractivity contribution in [1.82, 2.24) is 0 Å². The van der Waals surface area contributed by atoms with Gasteiger partial charge in [-0.2, -0.15) is 4.99 Å². The molecule has 2 rings (SSSR count). The zero-order valence-corrected chi connectivity index (χ0v) is 6.59. The number of aliphatic imine (C=N–C) groups is 1. The monoisotopic (exact) mass is 153 g/mol. The molecule has 3 heteroatoms. The van der Waals surface area contributed by atoms with E-state index in [2.05, 4.69) is 11.9 Å². The van der Waals surface area contributed by atoms with E-state index in [1.54, 1.807) is 6.08 Å². The van der Waals surface area contributed by atoms with Gasteiger partial charge in [-0.15, -0.1) is 0 Å². The summed E-state index contributed by atoms with van der Waals surface area (Å²) in [6.07, 6.45) is 3.72. The minimum Gasteiger partial charge on any atom is -0.380 e. The molecule has 1 aliphatic carbocycles. The molecule has 0 atom stereocenters. The quantitative estimate of drug-likeness (QED) is 0.436. The van der Waals surface area contributed by atoms with Gasteiger partial charge in [-0.05, 0) is 12.8 Å². The number of nitrogens with zero attached hydrogens (tertiary/aromatic N) is 1. The summed E-state index contributed by atoms with van der Waals surface area (Å²) in [7, 11) is 0. The normalized spacial score (nSPS) is 29.9. The van der Waals surface area contributed by atoms with E-state index in [-0.39, 0.29) is 11.0 Å². The first kappa shape index (κ1) is 7.01. The third-order valence-electron chi connectivity index (χ3n) is 2.95. The topological polar surface area (TPSA) is 38.7 Å². The van der Waals surface area contributed by atoms with Gasteiger partial charge in [0.2, 0.25) is 6.08 Å². The van der Waals surface area contributed by atoms with E-state index in [0.29, 0.717) is 0 Å². The fraction of sp³-hybridized carbons (Fsp3) is 0.875. The molecule has 0 amide bonds. The molecule has 1 heterocycles. The zero-order chi connectivity index (χ0) is 7.95. The van der Waals surface area contributed by atoms with Crippen LogP contribution in [0.4, 0.5) is 0 Å². The summed E-state index contributed by atoms with van der Waals surface area (Å²) in [5.41, 5.74) is 0.0391. The Kier molecular flexibility index (Phi) is 1.23. The first-order valence-electron chi connectivity index (χ1n) is 3.89. The molecule has 1 aliphatic heterocycles. The van der Waals surface area contributed by atoms with Crippen LogP contribution in [0.2, 0.25) is 0 Å². The Labute approximate surface area is 65.5 Å². The summed E-state index contributed by atoms with van der Waals surface area (Å²) in [6.45, 7) is 3.63. The predicted octanol–water partition coefficient (Wildman–Crippen LogP) is 0.891. The summed E-state index contributed by atoms with van der Waals surface area (Å²) in [6, 6.07) is 0. The lowest BCUT2D eigenvalue weighted by molar-refractivity contribution is -0.120. The molecule has 0 aromatic heterocycles. The molecule has 3 nitrogen and oxygen atoms in total. The second-order valence-electron chi connectivity index (χ2n) is 3.79. The van der Waals surface area contributed by atoms with Crippen molar-refractivity contribution in [1.29, 1.82) is 0 Å². The van der Waals surface area contributed by atoms with Crippen LogP contribution in [0.1, 0.15) is 19.8 Å². The Hall–Kier alpha value is -0.660. The van der Waals surface area contributed by atoms with Gasteiger partial charge in [0.15, 0.2) is 0 Å². The van der Waals surface area contributed by atoms with E-state index in [4.69, 9.17) is 4.74 Å². The number of isocyanates is 1. The van der Waals surface area contributed by atoms with Crippen LogP contribution in [0.3, 0.4) is 0 Å². The molecule has 0 aromatic carbocycles. The van der Waals surface area contributed by atoms with Crippen molar-refractivity contribution >= 4 is 6.08 Å².